The van der Waals surface area contributed by atoms with Crippen molar-refractivity contribution in [2.24, 2.45) is 0 Å². The van der Waals surface area contributed by atoms with Gasteiger partial charge in [0.1, 0.15) is 4.29 Å². The molecule has 5 nitrogen and oxygen atoms in total. The fourth-order valence-corrected chi connectivity index (χ4v) is 2.08. The van der Waals surface area contributed by atoms with Crippen LogP contribution >= 0.6 is 0 Å². The molecule has 6 heteroatoms. The molecule has 0 fully saturated rings. The molecule has 1 aromatic carbocycles. The average Bonchev–Trinajstić information content (AvgIpc) is 2.15. The molecule has 1 aromatic rings. The minimum Gasteiger partial charge on any atom is -0.453 e. The monoisotopic (exact) mass is 244 g/mol. The maximum atomic E-state index is 10.6. The molecule has 0 radical (unpaired) electrons. The van der Waals surface area contributed by atoms with Gasteiger partial charge in [0.2, 0.25) is 0 Å². The first kappa shape index (κ1) is 11.4. The van der Waals surface area contributed by atoms with Crippen molar-refractivity contribution in [2.75, 3.05) is 0 Å². The van der Waals surface area contributed by atoms with Gasteiger partial charge in [-0.3, -0.25) is 0 Å². The van der Waals surface area contributed by atoms with Crippen molar-refractivity contribution in [1.29, 1.82) is 0 Å². The van der Waals surface area contributed by atoms with Gasteiger partial charge >= 0.3 is 5.79 Å². The molecule has 0 aliphatic carbocycles. The van der Waals surface area contributed by atoms with E-state index in [1.807, 2.05) is 0 Å². The van der Waals surface area contributed by atoms with Crippen LogP contribution in [-0.4, -0.2) is 0 Å². The average molecular weight is 245 g/mol. The highest BCUT2D eigenvalue weighted by molar-refractivity contribution is 5.56. The van der Waals surface area contributed by atoms with Crippen molar-refractivity contribution in [3.8, 4) is 0 Å². The summed E-state index contributed by atoms with van der Waals surface area (Å²) in [4.78, 5) is 0. The van der Waals surface area contributed by atoms with Crippen LogP contribution in [0.2, 0.25) is 0 Å². The second-order valence-corrected chi connectivity index (χ2v) is 4.32. The van der Waals surface area contributed by atoms with Crippen LogP contribution in [0.3, 0.4) is 0 Å². The fraction of sp³-hybridized carbons (Fsp3) is 0.200. The van der Waals surface area contributed by atoms with Gasteiger partial charge in [-0.15, -0.1) is 0 Å². The van der Waals surface area contributed by atoms with Crippen LogP contribution in [0, 0.1) is 10.2 Å². The van der Waals surface area contributed by atoms with E-state index >= 15 is 0 Å². The van der Waals surface area contributed by atoms with E-state index in [0.717, 1.165) is 5.56 Å². The SMILES string of the molecule is CC1(O[Cl+3]([O-])([O-])[O-])OC=Cc2ccccc21. The Kier molecular flexibility index (Phi) is 2.65. The van der Waals surface area contributed by atoms with E-state index in [1.54, 1.807) is 30.3 Å². The van der Waals surface area contributed by atoms with Gasteiger partial charge in [-0.2, -0.15) is 14.0 Å². The second-order valence-electron chi connectivity index (χ2n) is 3.41. The van der Waals surface area contributed by atoms with Crippen LogP contribution in [-0.2, 0) is 14.8 Å². The van der Waals surface area contributed by atoms with E-state index in [4.69, 9.17) is 4.74 Å². The molecule has 2 rings (SSSR count). The first-order chi connectivity index (χ1) is 7.41. The maximum absolute atomic E-state index is 10.6. The Balaban J connectivity index is 2.41. The third kappa shape index (κ3) is 2.18. The van der Waals surface area contributed by atoms with Gasteiger partial charge in [-0.1, -0.05) is 24.3 Å². The molecule has 16 heavy (non-hydrogen) atoms. The minimum absolute atomic E-state index is 0.490. The van der Waals surface area contributed by atoms with Gasteiger partial charge in [-0.05, 0) is 11.6 Å². The number of rotatable bonds is 2. The zero-order valence-corrected chi connectivity index (χ0v) is 9.14. The Bertz CT molecular complexity index is 425. The summed E-state index contributed by atoms with van der Waals surface area (Å²) < 4.78 is 41.3. The van der Waals surface area contributed by atoms with Gasteiger partial charge in [-0.25, -0.2) is 0 Å². The molecule has 86 valence electrons. The molecule has 1 aliphatic rings. The lowest BCUT2D eigenvalue weighted by Crippen LogP contribution is -2.64. The first-order valence-corrected chi connectivity index (χ1v) is 5.69. The van der Waals surface area contributed by atoms with Crippen molar-refractivity contribution in [3.05, 3.63) is 41.7 Å². The predicted molar refractivity (Wildman–Crippen MR) is 45.0 cm³/mol. The summed E-state index contributed by atoms with van der Waals surface area (Å²) in [5.74, 6) is -1.60. The molecular weight excluding hydrogens is 236 g/mol. The Morgan fingerprint density at radius 1 is 1.25 bits per heavy atom. The van der Waals surface area contributed by atoms with E-state index in [0.29, 0.717) is 5.56 Å². The third-order valence-electron chi connectivity index (χ3n) is 2.23. The van der Waals surface area contributed by atoms with Crippen LogP contribution in [0.1, 0.15) is 18.1 Å². The standard InChI is InChI=1S/C10H9ClO5/c1-10(16-11(12,13)14)9-5-3-2-4-8(9)6-7-15-10/h2-7H,1H3. The Hall–Kier alpha value is -1.11. The highest BCUT2D eigenvalue weighted by atomic mass is 35.7. The number of ether oxygens (including phenoxy) is 1. The van der Waals surface area contributed by atoms with Gasteiger partial charge < -0.3 is 4.74 Å². The molecule has 1 unspecified atom stereocenters. The lowest BCUT2D eigenvalue weighted by molar-refractivity contribution is -1.92. The third-order valence-corrected chi connectivity index (χ3v) is 2.72. The molecule has 0 spiro atoms. The van der Waals surface area contributed by atoms with Crippen molar-refractivity contribution in [3.63, 3.8) is 0 Å². The zero-order chi connectivity index (χ0) is 11.8. The largest absolute Gasteiger partial charge is 0.453 e. The zero-order valence-electron chi connectivity index (χ0n) is 8.38. The number of halogens is 1. The molecule has 0 saturated carbocycles. The van der Waals surface area contributed by atoms with Crippen LogP contribution in [0.5, 0.6) is 0 Å². The first-order valence-electron chi connectivity index (χ1n) is 4.46. The molecule has 1 aliphatic heterocycles. The normalized spacial score (nSPS) is 23.8. The van der Waals surface area contributed by atoms with Gasteiger partial charge in [0.25, 0.3) is 0 Å². The van der Waals surface area contributed by atoms with Crippen LogP contribution in [0.25, 0.3) is 6.08 Å². The van der Waals surface area contributed by atoms with E-state index in [9.17, 15) is 14.0 Å². The van der Waals surface area contributed by atoms with Gasteiger partial charge in [0.15, 0.2) is 0 Å². The van der Waals surface area contributed by atoms with Gasteiger partial charge in [0, 0.05) is 12.5 Å². The summed E-state index contributed by atoms with van der Waals surface area (Å²) in [6, 6.07) is 6.90. The summed E-state index contributed by atoms with van der Waals surface area (Å²) >= 11 is 0. The summed E-state index contributed by atoms with van der Waals surface area (Å²) in [6.07, 6.45) is 2.96. The van der Waals surface area contributed by atoms with Gasteiger partial charge in [0.05, 0.1) is 16.5 Å². The van der Waals surface area contributed by atoms with E-state index in [2.05, 4.69) is 4.29 Å². The van der Waals surface area contributed by atoms with Crippen molar-refractivity contribution in [1.82, 2.24) is 0 Å². The predicted octanol–water partition coefficient (Wildman–Crippen LogP) is -1.23. The van der Waals surface area contributed by atoms with Crippen molar-refractivity contribution < 1.29 is 33.2 Å². The molecule has 0 saturated heterocycles. The Morgan fingerprint density at radius 3 is 2.62 bits per heavy atom. The molecular formula is C10H9ClO5. The van der Waals surface area contributed by atoms with Crippen LogP contribution in [0.15, 0.2) is 30.5 Å². The molecule has 1 atom stereocenters. The highest BCUT2D eigenvalue weighted by Gasteiger charge is 2.47. The molecule has 0 aromatic heterocycles. The minimum atomic E-state index is -4.55. The topological polar surface area (TPSA) is 87.6 Å². The van der Waals surface area contributed by atoms with Crippen molar-refractivity contribution in [2.45, 2.75) is 12.7 Å². The smallest absolute Gasteiger partial charge is 0.385 e. The summed E-state index contributed by atoms with van der Waals surface area (Å²) in [5.41, 5.74) is 1.24. The molecule has 1 heterocycles. The molecule has 0 amide bonds. The summed E-state index contributed by atoms with van der Waals surface area (Å²) in [6.45, 7) is 1.37. The fourth-order valence-electron chi connectivity index (χ4n) is 1.60. The molecule has 0 N–H and O–H groups in total. The van der Waals surface area contributed by atoms with E-state index < -0.39 is 16.0 Å². The number of fused-ring (bicyclic) bond motifs is 1. The Labute approximate surface area is 94.3 Å². The Morgan fingerprint density at radius 2 is 1.94 bits per heavy atom. The maximum Gasteiger partial charge on any atom is 0.385 e. The van der Waals surface area contributed by atoms with Crippen molar-refractivity contribution >= 4 is 6.08 Å². The summed E-state index contributed by atoms with van der Waals surface area (Å²) in [5, 5.41) is 0. The van der Waals surface area contributed by atoms with E-state index in [1.165, 1.54) is 13.2 Å². The van der Waals surface area contributed by atoms with E-state index in [-0.39, 0.29) is 0 Å². The quantitative estimate of drug-likeness (QED) is 0.650. The van der Waals surface area contributed by atoms with Crippen LogP contribution < -0.4 is 14.0 Å². The highest BCUT2D eigenvalue weighted by Crippen LogP contribution is 2.35. The summed E-state index contributed by atoms with van der Waals surface area (Å²) in [7, 11) is -4.55. The number of hydrogen-bond donors (Lipinski definition) is 0. The lowest BCUT2D eigenvalue weighted by Gasteiger charge is -2.29. The number of hydrogen-bond acceptors (Lipinski definition) is 5. The number of benzene rings is 1. The second kappa shape index (κ2) is 3.73. The lowest BCUT2D eigenvalue weighted by atomic mass is 9.99. The molecule has 0 bridgehead atoms. The van der Waals surface area contributed by atoms with Crippen LogP contribution in [0.4, 0.5) is 0 Å².